The molecule has 10 heteroatoms. The number of hydrazine groups is 1. The lowest BCUT2D eigenvalue weighted by Crippen LogP contribution is -2.39. The number of hydrazone groups is 1. The number of nitrogens with two attached hydrogens (primary N) is 4. The second kappa shape index (κ2) is 8.64. The summed E-state index contributed by atoms with van der Waals surface area (Å²) in [7, 11) is 0. The summed E-state index contributed by atoms with van der Waals surface area (Å²) in [6.07, 6.45) is 1.70. The summed E-state index contributed by atoms with van der Waals surface area (Å²) in [6, 6.07) is 8.77. The molecule has 1 heterocycles. The maximum Gasteiger partial charge on any atom is 0.221 e. The van der Waals surface area contributed by atoms with Gasteiger partial charge in [-0.1, -0.05) is 18.7 Å². The third-order valence-corrected chi connectivity index (χ3v) is 3.77. The van der Waals surface area contributed by atoms with Crippen molar-refractivity contribution in [3.8, 4) is 11.1 Å². The van der Waals surface area contributed by atoms with Crippen molar-refractivity contribution in [1.82, 2.24) is 9.99 Å². The Morgan fingerprint density at radius 2 is 2.07 bits per heavy atom. The number of nitrogens with one attached hydrogen (secondary N) is 1. The van der Waals surface area contributed by atoms with Crippen molar-refractivity contribution in [2.45, 2.75) is 6.92 Å². The molecule has 0 unspecified atom stereocenters. The van der Waals surface area contributed by atoms with E-state index >= 15 is 0 Å². The number of halogens is 1. The number of rotatable bonds is 5. The molecule has 0 aliphatic carbocycles. The molecule has 0 atom stereocenters. The van der Waals surface area contributed by atoms with E-state index in [0.717, 1.165) is 10.6 Å². The van der Waals surface area contributed by atoms with Gasteiger partial charge in [-0.25, -0.2) is 15.2 Å². The summed E-state index contributed by atoms with van der Waals surface area (Å²) < 4.78 is 12.7. The Balaban J connectivity index is 2.48. The van der Waals surface area contributed by atoms with Crippen molar-refractivity contribution in [2.24, 2.45) is 22.5 Å². The molecule has 1 aromatic heterocycles. The van der Waals surface area contributed by atoms with Gasteiger partial charge in [0.15, 0.2) is 5.84 Å². The van der Waals surface area contributed by atoms with Crippen molar-refractivity contribution in [3.05, 3.63) is 66.4 Å². The van der Waals surface area contributed by atoms with Crippen LogP contribution in [0.4, 0.5) is 15.9 Å². The molecule has 0 saturated heterocycles. The van der Waals surface area contributed by atoms with Crippen LogP contribution in [0, 0.1) is 0 Å². The van der Waals surface area contributed by atoms with Crippen LogP contribution in [0.15, 0.2) is 65.9 Å². The predicted molar refractivity (Wildman–Crippen MR) is 108 cm³/mol. The molecule has 0 spiro atoms. The average molecular weight is 384 g/mol. The van der Waals surface area contributed by atoms with Gasteiger partial charge in [-0.3, -0.25) is 9.80 Å². The fraction of sp³-hybridized carbons (Fsp3) is 0.0556. The number of carbonyl (C=O) groups excluding carboxylic acids is 1. The molecule has 0 bridgehead atoms. The van der Waals surface area contributed by atoms with E-state index in [2.05, 4.69) is 22.0 Å². The number of hydrogen-bond donors (Lipinski definition) is 5. The van der Waals surface area contributed by atoms with Gasteiger partial charge in [0.25, 0.3) is 0 Å². The Morgan fingerprint density at radius 1 is 1.36 bits per heavy atom. The quantitative estimate of drug-likeness (QED) is 0.171. The average Bonchev–Trinajstić information content (AvgIpc) is 2.68. The lowest BCUT2D eigenvalue weighted by molar-refractivity contribution is -0.114. The summed E-state index contributed by atoms with van der Waals surface area (Å²) in [4.78, 5) is 15.4. The van der Waals surface area contributed by atoms with E-state index in [-0.39, 0.29) is 35.3 Å². The van der Waals surface area contributed by atoms with E-state index in [1.165, 1.54) is 6.92 Å². The van der Waals surface area contributed by atoms with E-state index in [1.54, 1.807) is 30.5 Å². The van der Waals surface area contributed by atoms with Gasteiger partial charge in [0.05, 0.1) is 17.0 Å². The van der Waals surface area contributed by atoms with E-state index in [0.29, 0.717) is 16.8 Å². The Bertz CT molecular complexity index is 970. The second-order valence-corrected chi connectivity index (χ2v) is 5.75. The number of aromatic nitrogens is 1. The Kier molecular flexibility index (Phi) is 6.30. The van der Waals surface area contributed by atoms with Crippen LogP contribution in [-0.4, -0.2) is 21.7 Å². The Hall–Kier alpha value is -3.92. The highest BCUT2D eigenvalue weighted by atomic mass is 19.1. The largest absolute Gasteiger partial charge is 0.395 e. The van der Waals surface area contributed by atoms with Crippen LogP contribution in [0.25, 0.3) is 11.1 Å². The van der Waals surface area contributed by atoms with Crippen molar-refractivity contribution in [1.29, 1.82) is 0 Å². The lowest BCUT2D eigenvalue weighted by Gasteiger charge is -2.22. The molecule has 1 amide bonds. The summed E-state index contributed by atoms with van der Waals surface area (Å²) in [5.41, 5.74) is 13.4. The highest BCUT2D eigenvalue weighted by molar-refractivity contribution is 6.04. The SMILES string of the molecule is C=C(/C(N)=C/F)N(N)/C(=N\N)c1cc(-c2cccc(NC(C)=O)c2)cnc1N. The molecule has 28 heavy (non-hydrogen) atoms. The van der Waals surface area contributed by atoms with Crippen molar-refractivity contribution in [3.63, 3.8) is 0 Å². The standard InChI is InChI=1S/C18H21FN8O/c1-10(16(20)8-19)27(23)18(26-22)15-7-13(9-24-17(15)21)12-4-3-5-14(6-12)25-11(2)28/h3-9H,1,20,22-23H2,2H3,(H2,21,24)(H,25,28)/b16-8-,26-18-. The third kappa shape index (κ3) is 4.43. The number of benzene rings is 1. The number of nitrogen functional groups attached to an aromatic ring is 1. The monoisotopic (exact) mass is 384 g/mol. The van der Waals surface area contributed by atoms with Gasteiger partial charge >= 0.3 is 0 Å². The fourth-order valence-electron chi connectivity index (χ4n) is 2.38. The summed E-state index contributed by atoms with van der Waals surface area (Å²) in [6.45, 7) is 5.02. The van der Waals surface area contributed by atoms with Crippen molar-refractivity contribution >= 4 is 23.2 Å². The highest BCUT2D eigenvalue weighted by Gasteiger charge is 2.19. The first-order valence-corrected chi connectivity index (χ1v) is 8.00. The zero-order valence-electron chi connectivity index (χ0n) is 15.2. The van der Waals surface area contributed by atoms with Crippen LogP contribution in [-0.2, 0) is 4.79 Å². The van der Waals surface area contributed by atoms with Gasteiger partial charge in [-0.2, -0.15) is 5.10 Å². The second-order valence-electron chi connectivity index (χ2n) is 5.75. The minimum Gasteiger partial charge on any atom is -0.395 e. The molecular weight excluding hydrogens is 363 g/mol. The topological polar surface area (TPSA) is 162 Å². The molecule has 9 nitrogen and oxygen atoms in total. The van der Waals surface area contributed by atoms with Gasteiger partial charge < -0.3 is 22.6 Å². The van der Waals surface area contributed by atoms with Crippen LogP contribution in [0.5, 0.6) is 0 Å². The van der Waals surface area contributed by atoms with Crippen molar-refractivity contribution in [2.75, 3.05) is 11.1 Å². The van der Waals surface area contributed by atoms with E-state index < -0.39 is 0 Å². The minimum atomic E-state index is -0.297. The van der Waals surface area contributed by atoms with E-state index in [1.807, 2.05) is 6.07 Å². The number of nitrogens with zero attached hydrogens (tertiary/aromatic N) is 3. The first kappa shape index (κ1) is 20.4. The molecule has 0 radical (unpaired) electrons. The zero-order valence-corrected chi connectivity index (χ0v) is 15.2. The predicted octanol–water partition coefficient (Wildman–Crippen LogP) is 1.37. The Morgan fingerprint density at radius 3 is 2.68 bits per heavy atom. The number of anilines is 2. The molecule has 0 fully saturated rings. The summed E-state index contributed by atoms with van der Waals surface area (Å²) in [5.74, 6) is 11.3. The van der Waals surface area contributed by atoms with Gasteiger partial charge in [-0.15, -0.1) is 0 Å². The molecule has 0 aliphatic rings. The maximum atomic E-state index is 12.7. The molecule has 1 aromatic carbocycles. The third-order valence-electron chi connectivity index (χ3n) is 3.77. The number of hydrogen-bond acceptors (Lipinski definition) is 7. The molecule has 146 valence electrons. The van der Waals surface area contributed by atoms with Gasteiger partial charge in [0.1, 0.15) is 12.1 Å². The normalized spacial score (nSPS) is 11.8. The van der Waals surface area contributed by atoms with E-state index in [9.17, 15) is 9.18 Å². The molecule has 2 aromatic rings. The van der Waals surface area contributed by atoms with Crippen molar-refractivity contribution < 1.29 is 9.18 Å². The van der Waals surface area contributed by atoms with Crippen LogP contribution < -0.4 is 28.5 Å². The smallest absolute Gasteiger partial charge is 0.221 e. The van der Waals surface area contributed by atoms with Crippen LogP contribution in [0.2, 0.25) is 0 Å². The van der Waals surface area contributed by atoms with Gasteiger partial charge in [0, 0.05) is 24.4 Å². The molecule has 2 rings (SSSR count). The van der Waals surface area contributed by atoms with E-state index in [4.69, 9.17) is 23.2 Å². The number of pyridine rings is 1. The first-order chi connectivity index (χ1) is 13.3. The molecular formula is C18H21FN8O. The number of amides is 1. The summed E-state index contributed by atoms with van der Waals surface area (Å²) >= 11 is 0. The van der Waals surface area contributed by atoms with Gasteiger partial charge in [-0.05, 0) is 23.8 Å². The minimum absolute atomic E-state index is 0.0142. The Labute approximate surface area is 161 Å². The first-order valence-electron chi connectivity index (χ1n) is 8.00. The lowest BCUT2D eigenvalue weighted by atomic mass is 10.0. The maximum absolute atomic E-state index is 12.7. The van der Waals surface area contributed by atoms with Crippen LogP contribution >= 0.6 is 0 Å². The fourth-order valence-corrected chi connectivity index (χ4v) is 2.38. The number of carbonyl (C=O) groups is 1. The molecule has 0 saturated carbocycles. The van der Waals surface area contributed by atoms with Crippen LogP contribution in [0.3, 0.4) is 0 Å². The molecule has 9 N–H and O–H groups in total. The zero-order chi connectivity index (χ0) is 20.8. The van der Waals surface area contributed by atoms with Crippen LogP contribution in [0.1, 0.15) is 12.5 Å². The number of amidine groups is 1. The van der Waals surface area contributed by atoms with Gasteiger partial charge in [0.2, 0.25) is 5.91 Å². The summed E-state index contributed by atoms with van der Waals surface area (Å²) in [5, 5.41) is 7.24. The molecule has 0 aliphatic heterocycles. The highest BCUT2D eigenvalue weighted by Crippen LogP contribution is 2.26.